The molecular weight excluding hydrogens is 178 g/mol. The van der Waals surface area contributed by atoms with Crippen molar-refractivity contribution in [2.75, 3.05) is 7.11 Å². The van der Waals surface area contributed by atoms with Crippen LogP contribution < -0.4 is 16.8 Å². The summed E-state index contributed by atoms with van der Waals surface area (Å²) in [6.45, 7) is 3.64. The van der Waals surface area contributed by atoms with Gasteiger partial charge in [0.25, 0.3) is 0 Å². The first-order chi connectivity index (χ1) is 6.61. The number of rotatable bonds is 3. The molecule has 0 saturated heterocycles. The number of nitrogens with two attached hydrogens (primary N) is 2. The first kappa shape index (κ1) is 11.3. The molecule has 0 spiro atoms. The summed E-state index contributed by atoms with van der Waals surface area (Å²) in [5.74, 6) is 0.513. The second kappa shape index (κ2) is 5.22. The molecule has 0 aromatic heterocycles. The van der Waals surface area contributed by atoms with E-state index in [0.717, 1.165) is 25.7 Å². The highest BCUT2D eigenvalue weighted by atomic mass is 16.5. The molecule has 0 aromatic rings. The van der Waals surface area contributed by atoms with E-state index in [4.69, 9.17) is 16.2 Å². The second-order valence-corrected chi connectivity index (χ2v) is 4.03. The van der Waals surface area contributed by atoms with Gasteiger partial charge in [-0.25, -0.2) is 0 Å². The summed E-state index contributed by atoms with van der Waals surface area (Å²) < 4.78 is 5.37. The molecular formula is C10H21N3O. The molecule has 3 unspecified atom stereocenters. The van der Waals surface area contributed by atoms with Crippen molar-refractivity contribution in [2.45, 2.75) is 43.9 Å². The zero-order chi connectivity index (χ0) is 10.6. The van der Waals surface area contributed by atoms with Crippen molar-refractivity contribution >= 4 is 0 Å². The van der Waals surface area contributed by atoms with Crippen molar-refractivity contribution in [2.24, 2.45) is 11.5 Å². The van der Waals surface area contributed by atoms with Gasteiger partial charge >= 0.3 is 0 Å². The predicted molar refractivity (Wildman–Crippen MR) is 57.5 cm³/mol. The lowest BCUT2D eigenvalue weighted by Crippen LogP contribution is -2.37. The van der Waals surface area contributed by atoms with E-state index in [1.165, 1.54) is 0 Å². The van der Waals surface area contributed by atoms with Gasteiger partial charge in [-0.15, -0.1) is 0 Å². The Balaban J connectivity index is 2.50. The van der Waals surface area contributed by atoms with Crippen LogP contribution in [-0.2, 0) is 4.74 Å². The molecule has 0 heterocycles. The van der Waals surface area contributed by atoms with E-state index in [-0.39, 0.29) is 6.04 Å². The van der Waals surface area contributed by atoms with Crippen LogP contribution in [0.2, 0.25) is 0 Å². The Morgan fingerprint density at radius 3 is 2.71 bits per heavy atom. The molecule has 82 valence electrons. The normalized spacial score (nSPS) is 33.4. The summed E-state index contributed by atoms with van der Waals surface area (Å²) in [5, 5.41) is 3.14. The average Bonchev–Trinajstić information content (AvgIpc) is 2.26. The standard InChI is InChI=1S/C10H21N3O/c1-7(11)13-9-5-8(12)3-4-10(6-9)14-2/h8-10,13H,1,3-6,11-12H2,2H3. The van der Waals surface area contributed by atoms with Gasteiger partial charge < -0.3 is 21.5 Å². The van der Waals surface area contributed by atoms with Crippen LogP contribution in [-0.4, -0.2) is 25.3 Å². The van der Waals surface area contributed by atoms with Gasteiger partial charge in [0, 0.05) is 19.2 Å². The highest BCUT2D eigenvalue weighted by Gasteiger charge is 2.23. The third kappa shape index (κ3) is 3.55. The van der Waals surface area contributed by atoms with Gasteiger partial charge in [0.2, 0.25) is 0 Å². The minimum absolute atomic E-state index is 0.243. The van der Waals surface area contributed by atoms with Gasteiger partial charge in [-0.1, -0.05) is 6.58 Å². The minimum Gasteiger partial charge on any atom is -0.386 e. The topological polar surface area (TPSA) is 73.3 Å². The molecule has 1 saturated carbocycles. The summed E-state index contributed by atoms with van der Waals surface area (Å²) in [7, 11) is 1.75. The summed E-state index contributed by atoms with van der Waals surface area (Å²) in [5.41, 5.74) is 11.5. The lowest BCUT2D eigenvalue weighted by atomic mass is 10.1. The van der Waals surface area contributed by atoms with Crippen molar-refractivity contribution < 1.29 is 4.74 Å². The molecule has 0 bridgehead atoms. The van der Waals surface area contributed by atoms with Crippen molar-refractivity contribution in [3.05, 3.63) is 12.4 Å². The Morgan fingerprint density at radius 2 is 2.14 bits per heavy atom. The van der Waals surface area contributed by atoms with Crippen LogP contribution in [0.3, 0.4) is 0 Å². The lowest BCUT2D eigenvalue weighted by molar-refractivity contribution is 0.0842. The molecule has 1 rings (SSSR count). The summed E-state index contributed by atoms with van der Waals surface area (Å²) in [4.78, 5) is 0. The molecule has 1 aliphatic rings. The molecule has 14 heavy (non-hydrogen) atoms. The van der Waals surface area contributed by atoms with E-state index in [1.54, 1.807) is 7.11 Å². The van der Waals surface area contributed by atoms with Gasteiger partial charge in [0.1, 0.15) is 0 Å². The van der Waals surface area contributed by atoms with E-state index in [9.17, 15) is 0 Å². The maximum atomic E-state index is 5.95. The fourth-order valence-corrected chi connectivity index (χ4v) is 2.01. The highest BCUT2D eigenvalue weighted by molar-refractivity contribution is 4.91. The summed E-state index contributed by atoms with van der Waals surface area (Å²) in [6, 6.07) is 0.543. The molecule has 0 aromatic carbocycles. The smallest absolute Gasteiger partial charge is 0.0888 e. The molecule has 3 atom stereocenters. The van der Waals surface area contributed by atoms with Gasteiger partial charge in [-0.05, 0) is 25.7 Å². The fourth-order valence-electron chi connectivity index (χ4n) is 2.01. The first-order valence-corrected chi connectivity index (χ1v) is 5.11. The SMILES string of the molecule is C=C(N)NC1CC(N)CCC(OC)C1. The van der Waals surface area contributed by atoms with Crippen molar-refractivity contribution in [1.82, 2.24) is 5.32 Å². The second-order valence-electron chi connectivity index (χ2n) is 4.03. The first-order valence-electron chi connectivity index (χ1n) is 5.11. The highest BCUT2D eigenvalue weighted by Crippen LogP contribution is 2.19. The maximum Gasteiger partial charge on any atom is 0.0888 e. The van der Waals surface area contributed by atoms with Gasteiger partial charge in [0.05, 0.1) is 11.9 Å². The molecule has 4 nitrogen and oxygen atoms in total. The van der Waals surface area contributed by atoms with E-state index in [2.05, 4.69) is 11.9 Å². The summed E-state index contributed by atoms with van der Waals surface area (Å²) in [6.07, 6.45) is 4.25. The van der Waals surface area contributed by atoms with Crippen LogP contribution in [0.1, 0.15) is 25.7 Å². The Kier molecular flexibility index (Phi) is 4.22. The molecule has 0 radical (unpaired) electrons. The van der Waals surface area contributed by atoms with E-state index in [0.29, 0.717) is 18.0 Å². The predicted octanol–water partition coefficient (Wildman–Crippen LogP) is 0.291. The average molecular weight is 199 g/mol. The Bertz CT molecular complexity index is 196. The monoisotopic (exact) mass is 199 g/mol. The Hall–Kier alpha value is -0.740. The number of methoxy groups -OCH3 is 1. The largest absolute Gasteiger partial charge is 0.386 e. The third-order valence-electron chi connectivity index (χ3n) is 2.72. The lowest BCUT2D eigenvalue weighted by Gasteiger charge is -2.21. The van der Waals surface area contributed by atoms with E-state index in [1.807, 2.05) is 0 Å². The molecule has 5 N–H and O–H groups in total. The van der Waals surface area contributed by atoms with E-state index < -0.39 is 0 Å². The number of ether oxygens (including phenoxy) is 1. The minimum atomic E-state index is 0.243. The van der Waals surface area contributed by atoms with Gasteiger partial charge in [-0.3, -0.25) is 0 Å². The van der Waals surface area contributed by atoms with Crippen LogP contribution >= 0.6 is 0 Å². The van der Waals surface area contributed by atoms with Crippen molar-refractivity contribution in [3.8, 4) is 0 Å². The number of hydrogen-bond acceptors (Lipinski definition) is 4. The van der Waals surface area contributed by atoms with Crippen molar-refractivity contribution in [3.63, 3.8) is 0 Å². The van der Waals surface area contributed by atoms with Gasteiger partial charge in [0.15, 0.2) is 0 Å². The van der Waals surface area contributed by atoms with Crippen LogP contribution in [0.4, 0.5) is 0 Å². The van der Waals surface area contributed by atoms with Crippen LogP contribution in [0.5, 0.6) is 0 Å². The molecule has 1 aliphatic carbocycles. The van der Waals surface area contributed by atoms with Gasteiger partial charge in [-0.2, -0.15) is 0 Å². The fraction of sp³-hybridized carbons (Fsp3) is 0.800. The summed E-state index contributed by atoms with van der Waals surface area (Å²) >= 11 is 0. The molecule has 0 amide bonds. The molecule has 1 fully saturated rings. The third-order valence-corrected chi connectivity index (χ3v) is 2.72. The van der Waals surface area contributed by atoms with Crippen LogP contribution in [0, 0.1) is 0 Å². The number of hydrogen-bond donors (Lipinski definition) is 3. The number of nitrogens with one attached hydrogen (secondary N) is 1. The van der Waals surface area contributed by atoms with E-state index >= 15 is 0 Å². The Morgan fingerprint density at radius 1 is 1.43 bits per heavy atom. The van der Waals surface area contributed by atoms with Crippen LogP contribution in [0.25, 0.3) is 0 Å². The molecule has 0 aliphatic heterocycles. The quantitative estimate of drug-likeness (QED) is 0.571. The zero-order valence-corrected chi connectivity index (χ0v) is 8.83. The Labute approximate surface area is 85.7 Å². The van der Waals surface area contributed by atoms with Crippen LogP contribution in [0.15, 0.2) is 12.4 Å². The zero-order valence-electron chi connectivity index (χ0n) is 8.83. The maximum absolute atomic E-state index is 5.95. The van der Waals surface area contributed by atoms with Crippen molar-refractivity contribution in [1.29, 1.82) is 0 Å². The molecule has 4 heteroatoms.